The molecule has 3 N–H and O–H groups in total. The maximum Gasteiger partial charge on any atom is 0.340 e. The number of benzene rings is 1. The Labute approximate surface area is 169 Å². The van der Waals surface area contributed by atoms with Gasteiger partial charge in [-0.15, -0.1) is 0 Å². The van der Waals surface area contributed by atoms with E-state index in [0.29, 0.717) is 5.56 Å². The third-order valence-electron chi connectivity index (χ3n) is 5.13. The third-order valence-corrected chi connectivity index (χ3v) is 5.91. The molecular formula is C17H17N5O6S. The summed E-state index contributed by atoms with van der Waals surface area (Å²) in [4.78, 5) is 20.9. The molecule has 2 aromatic heterocycles. The first-order valence-corrected chi connectivity index (χ1v) is 9.05. The Morgan fingerprint density at radius 2 is 2.00 bits per heavy atom. The van der Waals surface area contributed by atoms with Crippen LogP contribution >= 0.6 is 12.6 Å². The quantitative estimate of drug-likeness (QED) is 0.195. The zero-order valence-corrected chi connectivity index (χ0v) is 15.8. The predicted molar refractivity (Wildman–Crippen MR) is 102 cm³/mol. The second kappa shape index (κ2) is 6.91. The number of nitro groups is 1. The van der Waals surface area contributed by atoms with Gasteiger partial charge in [-0.3, -0.25) is 14.7 Å². The number of imidazole rings is 1. The summed E-state index contributed by atoms with van der Waals surface area (Å²) in [6.45, 7) is -0.666. The molecule has 3 heterocycles. The molecule has 0 unspecified atom stereocenters. The van der Waals surface area contributed by atoms with Gasteiger partial charge in [-0.2, -0.15) is 4.98 Å². The van der Waals surface area contributed by atoms with Gasteiger partial charge in [-0.25, -0.2) is 9.97 Å². The number of thiol groups is 1. The molecule has 0 amide bonds. The molecule has 1 aliphatic heterocycles. The summed E-state index contributed by atoms with van der Waals surface area (Å²) >= 11 is 4.29. The fourth-order valence-electron chi connectivity index (χ4n) is 3.73. The lowest BCUT2D eigenvalue weighted by Crippen LogP contribution is -2.59. The van der Waals surface area contributed by atoms with Crippen LogP contribution in [-0.2, 0) is 16.9 Å². The monoisotopic (exact) mass is 419 g/mol. The van der Waals surface area contributed by atoms with Crippen LogP contribution in [0.1, 0.15) is 5.56 Å². The highest BCUT2D eigenvalue weighted by atomic mass is 32.1. The standard InChI is InChI=1S/C17H17N5O6S/c23-7-11-13(24)17(29,22(26)27)16(28-11,6-10-4-2-1-3-5-10)21-9-20-12-14(21)18-8-19-15(12)25/h1-5,8-9,11,13,23-24,29H,6-7H2,(H,18,19,25)/t11-,13-,16-,17-/m1/s1. The van der Waals surface area contributed by atoms with Crippen molar-refractivity contribution in [3.05, 3.63) is 58.7 Å². The SMILES string of the molecule is O=[N+]([O-])[C@@]1(S)[C@H](O)[C@@H](CO)O[C@@]1(Cc1ccccc1)n1cnc2c(O)ncnc21. The van der Waals surface area contributed by atoms with Crippen molar-refractivity contribution < 1.29 is 25.0 Å². The van der Waals surface area contributed by atoms with E-state index in [4.69, 9.17) is 4.74 Å². The summed E-state index contributed by atoms with van der Waals surface area (Å²) < 4.78 is 7.20. The lowest BCUT2D eigenvalue weighted by Gasteiger charge is -2.36. The first kappa shape index (κ1) is 19.5. The topological polar surface area (TPSA) is 157 Å². The van der Waals surface area contributed by atoms with Gasteiger partial charge < -0.3 is 20.1 Å². The Kier molecular flexibility index (Phi) is 4.65. The van der Waals surface area contributed by atoms with E-state index in [2.05, 4.69) is 27.6 Å². The molecule has 1 saturated heterocycles. The van der Waals surface area contributed by atoms with Gasteiger partial charge in [-0.05, 0) is 5.56 Å². The molecule has 29 heavy (non-hydrogen) atoms. The molecule has 152 valence electrons. The maximum atomic E-state index is 12.2. The van der Waals surface area contributed by atoms with Crippen LogP contribution in [0.25, 0.3) is 11.2 Å². The van der Waals surface area contributed by atoms with Gasteiger partial charge in [0, 0.05) is 11.3 Å². The Balaban J connectivity index is 2.02. The average molecular weight is 419 g/mol. The van der Waals surface area contributed by atoms with Crippen molar-refractivity contribution in [3.63, 3.8) is 0 Å². The van der Waals surface area contributed by atoms with E-state index in [1.807, 2.05) is 0 Å². The summed E-state index contributed by atoms with van der Waals surface area (Å²) in [5, 5.41) is 42.5. The van der Waals surface area contributed by atoms with E-state index in [1.54, 1.807) is 30.3 Å². The normalized spacial score (nSPS) is 29.3. The van der Waals surface area contributed by atoms with Crippen molar-refractivity contribution >= 4 is 23.8 Å². The highest BCUT2D eigenvalue weighted by Gasteiger charge is 2.74. The van der Waals surface area contributed by atoms with Crippen LogP contribution < -0.4 is 0 Å². The third kappa shape index (κ3) is 2.68. The Morgan fingerprint density at radius 1 is 1.28 bits per heavy atom. The number of rotatable bonds is 5. The molecule has 1 aliphatic rings. The number of ether oxygens (including phenoxy) is 1. The zero-order valence-electron chi connectivity index (χ0n) is 14.9. The summed E-state index contributed by atoms with van der Waals surface area (Å²) in [6.07, 6.45) is -0.838. The van der Waals surface area contributed by atoms with Gasteiger partial charge in [0.2, 0.25) is 11.6 Å². The lowest BCUT2D eigenvalue weighted by molar-refractivity contribution is -0.569. The number of hydrogen-bond donors (Lipinski definition) is 4. The van der Waals surface area contributed by atoms with E-state index in [9.17, 15) is 25.4 Å². The van der Waals surface area contributed by atoms with E-state index in [0.717, 1.165) is 6.33 Å². The van der Waals surface area contributed by atoms with E-state index in [1.165, 1.54) is 10.9 Å². The minimum Gasteiger partial charge on any atom is -0.492 e. The molecule has 4 atom stereocenters. The van der Waals surface area contributed by atoms with Crippen molar-refractivity contribution in [3.8, 4) is 5.88 Å². The molecule has 1 aromatic carbocycles. The molecule has 0 radical (unpaired) electrons. The molecular weight excluding hydrogens is 402 g/mol. The highest BCUT2D eigenvalue weighted by molar-refractivity contribution is 7.81. The predicted octanol–water partition coefficient (Wildman–Crippen LogP) is 0.0822. The maximum absolute atomic E-state index is 12.2. The molecule has 1 fully saturated rings. The first-order valence-electron chi connectivity index (χ1n) is 8.60. The molecule has 0 saturated carbocycles. The molecule has 0 spiro atoms. The zero-order chi connectivity index (χ0) is 20.8. The molecule has 3 aromatic rings. The highest BCUT2D eigenvalue weighted by Crippen LogP contribution is 2.51. The molecule has 11 nitrogen and oxygen atoms in total. The number of aliphatic hydroxyl groups is 2. The van der Waals surface area contributed by atoms with Gasteiger partial charge >= 0.3 is 4.87 Å². The van der Waals surface area contributed by atoms with E-state index >= 15 is 0 Å². The largest absolute Gasteiger partial charge is 0.492 e. The second-order valence-electron chi connectivity index (χ2n) is 6.70. The van der Waals surface area contributed by atoms with Crippen LogP contribution in [0.15, 0.2) is 43.0 Å². The molecule has 0 bridgehead atoms. The summed E-state index contributed by atoms with van der Waals surface area (Å²) in [5.41, 5.74) is -1.22. The van der Waals surface area contributed by atoms with Crippen molar-refractivity contribution in [2.24, 2.45) is 0 Å². The van der Waals surface area contributed by atoms with Crippen LogP contribution in [0, 0.1) is 10.1 Å². The van der Waals surface area contributed by atoms with Gasteiger partial charge in [0.1, 0.15) is 12.4 Å². The fraction of sp³-hybridized carbons (Fsp3) is 0.353. The van der Waals surface area contributed by atoms with E-state index < -0.39 is 40.2 Å². The van der Waals surface area contributed by atoms with Crippen LogP contribution in [-0.4, -0.2) is 63.4 Å². The van der Waals surface area contributed by atoms with E-state index in [-0.39, 0.29) is 17.6 Å². The van der Waals surface area contributed by atoms with Crippen LogP contribution in [0.4, 0.5) is 0 Å². The number of aliphatic hydroxyl groups excluding tert-OH is 2. The lowest BCUT2D eigenvalue weighted by atomic mass is 9.92. The van der Waals surface area contributed by atoms with Crippen molar-refractivity contribution in [2.45, 2.75) is 29.2 Å². The van der Waals surface area contributed by atoms with Crippen molar-refractivity contribution in [1.82, 2.24) is 19.5 Å². The number of nitrogens with zero attached hydrogens (tertiary/aromatic N) is 5. The number of fused-ring (bicyclic) bond motifs is 1. The summed E-state index contributed by atoms with van der Waals surface area (Å²) in [6, 6.07) is 8.78. The van der Waals surface area contributed by atoms with Gasteiger partial charge in [0.05, 0.1) is 12.9 Å². The number of aromatic hydroxyl groups is 1. The minimum atomic E-state index is -2.37. The van der Waals surface area contributed by atoms with Crippen molar-refractivity contribution in [1.29, 1.82) is 0 Å². The molecule has 4 rings (SSSR count). The van der Waals surface area contributed by atoms with Crippen LogP contribution in [0.2, 0.25) is 0 Å². The van der Waals surface area contributed by atoms with Gasteiger partial charge in [-0.1, -0.05) is 43.0 Å². The molecule has 12 heteroatoms. The second-order valence-corrected chi connectivity index (χ2v) is 7.38. The van der Waals surface area contributed by atoms with Gasteiger partial charge in [0.15, 0.2) is 17.3 Å². The van der Waals surface area contributed by atoms with Crippen LogP contribution in [0.3, 0.4) is 0 Å². The number of aromatic nitrogens is 4. The Bertz CT molecular complexity index is 1060. The van der Waals surface area contributed by atoms with Crippen molar-refractivity contribution in [2.75, 3.05) is 6.61 Å². The molecule has 0 aliphatic carbocycles. The average Bonchev–Trinajstić information content (AvgIpc) is 3.24. The van der Waals surface area contributed by atoms with Crippen LogP contribution in [0.5, 0.6) is 5.88 Å². The number of hydrogen-bond acceptors (Lipinski definition) is 10. The summed E-state index contributed by atoms with van der Waals surface area (Å²) in [7, 11) is 0. The summed E-state index contributed by atoms with van der Waals surface area (Å²) in [5.74, 6) is -0.410. The fourth-order valence-corrected chi connectivity index (χ4v) is 4.14. The Hall–Kier alpha value is -2.80. The smallest absolute Gasteiger partial charge is 0.340 e. The van der Waals surface area contributed by atoms with Gasteiger partial charge in [0.25, 0.3) is 0 Å². The first-order chi connectivity index (χ1) is 13.8. The minimum absolute atomic E-state index is 0.00417. The Morgan fingerprint density at radius 3 is 2.66 bits per heavy atom.